The van der Waals surface area contributed by atoms with Crippen LogP contribution in [-0.2, 0) is 12.1 Å². The van der Waals surface area contributed by atoms with E-state index in [0.717, 1.165) is 37.7 Å². The van der Waals surface area contributed by atoms with Gasteiger partial charge in [-0.2, -0.15) is 0 Å². The lowest BCUT2D eigenvalue weighted by atomic mass is 9.66. The molecule has 0 unspecified atom stereocenters. The molecule has 1 aliphatic carbocycles. The summed E-state index contributed by atoms with van der Waals surface area (Å²) in [5.74, 6) is -0.485. The van der Waals surface area contributed by atoms with E-state index in [4.69, 9.17) is 0 Å². The van der Waals surface area contributed by atoms with Crippen molar-refractivity contribution in [3.63, 3.8) is 0 Å². The number of nitrogens with one attached hydrogen (secondary N) is 1. The number of hydrogen-bond donors (Lipinski definition) is 2. The summed E-state index contributed by atoms with van der Waals surface area (Å²) >= 11 is 0. The number of hydrogen-bond acceptors (Lipinski definition) is 4. The van der Waals surface area contributed by atoms with Gasteiger partial charge in [-0.05, 0) is 37.2 Å². The van der Waals surface area contributed by atoms with Crippen LogP contribution in [0.5, 0.6) is 0 Å². The molecular formula is C28H37N3O4. The predicted octanol–water partition coefficient (Wildman–Crippen LogP) is 3.55. The molecule has 2 N–H and O–H groups in total. The maximum absolute atomic E-state index is 13.9. The van der Waals surface area contributed by atoms with Gasteiger partial charge in [-0.25, -0.2) is 0 Å². The van der Waals surface area contributed by atoms with Gasteiger partial charge in [0.15, 0.2) is 0 Å². The third-order valence-corrected chi connectivity index (χ3v) is 7.76. The second kappa shape index (κ2) is 10.4. The average Bonchev–Trinajstić information content (AvgIpc) is 2.88. The zero-order valence-electron chi connectivity index (χ0n) is 21.0. The fraction of sp³-hybridized carbons (Fsp3) is 0.536. The van der Waals surface area contributed by atoms with E-state index in [2.05, 4.69) is 19.2 Å². The number of likely N-dealkylation sites (tertiary alicyclic amines) is 1. The van der Waals surface area contributed by atoms with Gasteiger partial charge in [-0.3, -0.25) is 14.4 Å². The van der Waals surface area contributed by atoms with Crippen LogP contribution >= 0.6 is 0 Å². The van der Waals surface area contributed by atoms with Crippen molar-refractivity contribution in [1.29, 1.82) is 0 Å². The van der Waals surface area contributed by atoms with Crippen LogP contribution in [0.2, 0.25) is 0 Å². The number of carbonyl (C=O) groups excluding carboxylic acids is 2. The van der Waals surface area contributed by atoms with E-state index in [1.807, 2.05) is 30.3 Å². The standard InChI is InChI=1S/C28H37N3O4/c1-19(2)13-15-30-17-21(26(33)29-3)25(32)22(18-30)27(34)31-16-14-28(35,20-9-5-4-6-10-20)23-11-7-8-12-24(23)31/h4-6,9-10,17-19,23-24,35H,7-8,11-16H2,1-3H3,(H,29,33)/t23-,24+,28+/m0/s1. The van der Waals surface area contributed by atoms with E-state index in [-0.39, 0.29) is 29.0 Å². The summed E-state index contributed by atoms with van der Waals surface area (Å²) in [4.78, 5) is 41.4. The summed E-state index contributed by atoms with van der Waals surface area (Å²) in [7, 11) is 1.48. The van der Waals surface area contributed by atoms with Gasteiger partial charge in [0.1, 0.15) is 11.1 Å². The Morgan fingerprint density at radius 3 is 2.49 bits per heavy atom. The van der Waals surface area contributed by atoms with Crippen molar-refractivity contribution >= 4 is 11.8 Å². The van der Waals surface area contributed by atoms with Crippen molar-refractivity contribution in [2.24, 2.45) is 11.8 Å². The highest BCUT2D eigenvalue weighted by molar-refractivity contribution is 5.99. The molecule has 188 valence electrons. The van der Waals surface area contributed by atoms with E-state index < -0.39 is 16.9 Å². The van der Waals surface area contributed by atoms with Gasteiger partial charge < -0.3 is 19.9 Å². The van der Waals surface area contributed by atoms with Gasteiger partial charge in [-0.15, -0.1) is 0 Å². The zero-order chi connectivity index (χ0) is 25.2. The van der Waals surface area contributed by atoms with Crippen LogP contribution in [-0.4, -0.2) is 46.0 Å². The molecule has 7 heteroatoms. The first-order valence-electron chi connectivity index (χ1n) is 12.8. The Labute approximate surface area is 207 Å². The van der Waals surface area contributed by atoms with Gasteiger partial charge in [0.2, 0.25) is 5.43 Å². The molecular weight excluding hydrogens is 442 g/mol. The summed E-state index contributed by atoms with van der Waals surface area (Å²) < 4.78 is 1.79. The summed E-state index contributed by atoms with van der Waals surface area (Å²) in [5.41, 5.74) is -0.623. The lowest BCUT2D eigenvalue weighted by Crippen LogP contribution is -2.59. The third-order valence-electron chi connectivity index (χ3n) is 7.76. The minimum atomic E-state index is -0.995. The molecule has 0 radical (unpaired) electrons. The fourth-order valence-electron chi connectivity index (χ4n) is 5.79. The van der Waals surface area contributed by atoms with Crippen molar-refractivity contribution < 1.29 is 14.7 Å². The van der Waals surface area contributed by atoms with Crippen molar-refractivity contribution in [2.75, 3.05) is 13.6 Å². The van der Waals surface area contributed by atoms with Crippen LogP contribution in [0.4, 0.5) is 0 Å². The van der Waals surface area contributed by atoms with Crippen molar-refractivity contribution in [3.05, 3.63) is 69.6 Å². The Balaban J connectivity index is 1.70. The first-order valence-corrected chi connectivity index (χ1v) is 12.8. The highest BCUT2D eigenvalue weighted by Crippen LogP contribution is 2.47. The number of nitrogens with zero attached hydrogens (tertiary/aromatic N) is 2. The quantitative estimate of drug-likeness (QED) is 0.663. The normalized spacial score (nSPS) is 24.2. The molecule has 1 saturated carbocycles. The number of carbonyl (C=O) groups is 2. The van der Waals surface area contributed by atoms with Crippen LogP contribution in [0.3, 0.4) is 0 Å². The molecule has 2 amide bonds. The molecule has 1 aliphatic heterocycles. The van der Waals surface area contributed by atoms with E-state index in [1.165, 1.54) is 7.05 Å². The molecule has 2 aromatic rings. The highest BCUT2D eigenvalue weighted by atomic mass is 16.3. The molecule has 4 rings (SSSR count). The van der Waals surface area contributed by atoms with Gasteiger partial charge >= 0.3 is 0 Å². The highest BCUT2D eigenvalue weighted by Gasteiger charge is 2.50. The smallest absolute Gasteiger partial charge is 0.259 e. The molecule has 2 heterocycles. The summed E-state index contributed by atoms with van der Waals surface area (Å²) in [5, 5.41) is 14.3. The zero-order valence-corrected chi connectivity index (χ0v) is 21.0. The van der Waals surface area contributed by atoms with Crippen LogP contribution in [0.1, 0.15) is 78.7 Å². The first-order chi connectivity index (χ1) is 16.8. The minimum Gasteiger partial charge on any atom is -0.385 e. The van der Waals surface area contributed by atoms with Gasteiger partial charge in [-0.1, -0.05) is 57.0 Å². The molecule has 1 saturated heterocycles. The monoisotopic (exact) mass is 479 g/mol. The van der Waals surface area contributed by atoms with E-state index in [0.29, 0.717) is 25.4 Å². The lowest BCUT2D eigenvalue weighted by Gasteiger charge is -2.52. The second-order valence-corrected chi connectivity index (χ2v) is 10.4. The molecule has 7 nitrogen and oxygen atoms in total. The van der Waals surface area contributed by atoms with Crippen molar-refractivity contribution in [3.8, 4) is 0 Å². The third kappa shape index (κ3) is 4.92. The number of pyridine rings is 1. The van der Waals surface area contributed by atoms with Crippen LogP contribution in [0.15, 0.2) is 47.5 Å². The second-order valence-electron chi connectivity index (χ2n) is 10.4. The van der Waals surface area contributed by atoms with Gasteiger partial charge in [0.25, 0.3) is 11.8 Å². The maximum Gasteiger partial charge on any atom is 0.259 e. The molecule has 2 aliphatic rings. The minimum absolute atomic E-state index is 0.0138. The van der Waals surface area contributed by atoms with E-state index >= 15 is 0 Å². The predicted molar refractivity (Wildman–Crippen MR) is 135 cm³/mol. The first kappa shape index (κ1) is 25.2. The molecule has 0 bridgehead atoms. The van der Waals surface area contributed by atoms with E-state index in [9.17, 15) is 19.5 Å². The SMILES string of the molecule is CNC(=O)c1cn(CCC(C)C)cc(C(=O)N2CC[C@@](O)(c3ccccc3)[C@H]3CCCC[C@H]32)c1=O. The maximum atomic E-state index is 13.9. The molecule has 1 aromatic carbocycles. The largest absolute Gasteiger partial charge is 0.385 e. The number of rotatable bonds is 6. The number of amides is 2. The van der Waals surface area contributed by atoms with Crippen molar-refractivity contribution in [2.45, 2.75) is 70.6 Å². The number of aryl methyl sites for hydroxylation is 1. The fourth-order valence-corrected chi connectivity index (χ4v) is 5.79. The van der Waals surface area contributed by atoms with Crippen LogP contribution in [0.25, 0.3) is 0 Å². The summed E-state index contributed by atoms with van der Waals surface area (Å²) in [6.45, 7) is 5.20. The molecule has 35 heavy (non-hydrogen) atoms. The lowest BCUT2D eigenvalue weighted by molar-refractivity contribution is -0.110. The Morgan fingerprint density at radius 2 is 1.80 bits per heavy atom. The Morgan fingerprint density at radius 1 is 1.11 bits per heavy atom. The Hall–Kier alpha value is -2.93. The van der Waals surface area contributed by atoms with Gasteiger partial charge in [0, 0.05) is 44.5 Å². The number of aliphatic hydroxyl groups is 1. The Bertz CT molecular complexity index is 1130. The van der Waals surface area contributed by atoms with Gasteiger partial charge in [0.05, 0.1) is 5.60 Å². The Kier molecular flexibility index (Phi) is 7.45. The number of fused-ring (bicyclic) bond motifs is 1. The van der Waals surface area contributed by atoms with E-state index in [1.54, 1.807) is 21.9 Å². The summed E-state index contributed by atoms with van der Waals surface area (Å²) in [6, 6.07) is 9.59. The molecule has 2 fully saturated rings. The molecule has 1 aromatic heterocycles. The number of aromatic nitrogens is 1. The summed E-state index contributed by atoms with van der Waals surface area (Å²) in [6.07, 6.45) is 8.05. The number of benzene rings is 1. The molecule has 3 atom stereocenters. The van der Waals surface area contributed by atoms with Crippen molar-refractivity contribution in [1.82, 2.24) is 14.8 Å². The average molecular weight is 480 g/mol. The topological polar surface area (TPSA) is 91.6 Å². The number of piperidine rings is 1. The van der Waals surface area contributed by atoms with Crippen LogP contribution in [0, 0.1) is 11.8 Å². The molecule has 0 spiro atoms. The van der Waals surface area contributed by atoms with Crippen LogP contribution < -0.4 is 10.7 Å².